The molecule has 4 heteroatoms. The molecule has 1 fully saturated rings. The highest BCUT2D eigenvalue weighted by Gasteiger charge is 2.24. The summed E-state index contributed by atoms with van der Waals surface area (Å²) in [5, 5.41) is 15.7. The third-order valence-corrected chi connectivity index (χ3v) is 3.00. The van der Waals surface area contributed by atoms with Gasteiger partial charge in [0.05, 0.1) is 6.10 Å². The zero-order valence-electron chi connectivity index (χ0n) is 10.3. The maximum atomic E-state index is 11.3. The first kappa shape index (κ1) is 13.5. The first-order valence-corrected chi connectivity index (χ1v) is 6.27. The quantitative estimate of drug-likeness (QED) is 0.585. The highest BCUT2D eigenvalue weighted by Crippen LogP contribution is 2.24. The molecule has 0 heterocycles. The number of carbonyl (C=O) groups is 1. The first-order valence-electron chi connectivity index (χ1n) is 6.27. The van der Waals surface area contributed by atoms with Crippen LogP contribution in [0.25, 0.3) is 0 Å². The molecule has 1 aliphatic rings. The van der Waals surface area contributed by atoms with Crippen LogP contribution in [0.5, 0.6) is 0 Å². The van der Waals surface area contributed by atoms with Crippen molar-refractivity contribution in [2.24, 2.45) is 5.92 Å². The highest BCUT2D eigenvalue weighted by atomic mass is 16.3. The summed E-state index contributed by atoms with van der Waals surface area (Å²) >= 11 is 0. The summed E-state index contributed by atoms with van der Waals surface area (Å²) in [6, 6.07) is 0.212. The van der Waals surface area contributed by atoms with Gasteiger partial charge in [-0.05, 0) is 32.6 Å². The lowest BCUT2D eigenvalue weighted by atomic mass is 10.1. The second-order valence-corrected chi connectivity index (χ2v) is 4.93. The Bertz CT molecular complexity index is 219. The third-order valence-electron chi connectivity index (χ3n) is 3.00. The Hall–Kier alpha value is -0.610. The standard InChI is InChI=1S/C12H24N2O2/c1-9(2)14-12(16)6-7-13-8-10-4-3-5-11(10)15/h9-11,13,15H,3-8H2,1-2H3,(H,14,16). The Labute approximate surface area is 97.8 Å². The normalized spacial score (nSPS) is 25.0. The molecule has 0 spiro atoms. The van der Waals surface area contributed by atoms with Crippen molar-refractivity contribution in [1.82, 2.24) is 10.6 Å². The van der Waals surface area contributed by atoms with Crippen LogP contribution in [0.2, 0.25) is 0 Å². The van der Waals surface area contributed by atoms with Gasteiger partial charge in [0.25, 0.3) is 0 Å². The number of rotatable bonds is 6. The molecule has 0 aromatic rings. The third kappa shape index (κ3) is 4.94. The van der Waals surface area contributed by atoms with E-state index in [0.29, 0.717) is 18.9 Å². The molecule has 94 valence electrons. The molecule has 1 rings (SSSR count). The fourth-order valence-corrected chi connectivity index (χ4v) is 2.14. The summed E-state index contributed by atoms with van der Waals surface area (Å²) in [6.45, 7) is 5.44. The van der Waals surface area contributed by atoms with Crippen LogP contribution in [-0.2, 0) is 4.79 Å². The largest absolute Gasteiger partial charge is 0.393 e. The Morgan fingerprint density at radius 3 is 2.75 bits per heavy atom. The summed E-state index contributed by atoms with van der Waals surface area (Å²) in [6.07, 6.45) is 3.53. The van der Waals surface area contributed by atoms with E-state index in [1.807, 2.05) is 13.8 Å². The molecule has 1 amide bonds. The number of hydrogen-bond acceptors (Lipinski definition) is 3. The van der Waals surface area contributed by atoms with E-state index in [0.717, 1.165) is 25.8 Å². The lowest BCUT2D eigenvalue weighted by Crippen LogP contribution is -2.34. The Morgan fingerprint density at radius 2 is 2.19 bits per heavy atom. The smallest absolute Gasteiger partial charge is 0.221 e. The SMILES string of the molecule is CC(C)NC(=O)CCNCC1CCCC1O. The summed E-state index contributed by atoms with van der Waals surface area (Å²) < 4.78 is 0. The number of aliphatic hydroxyl groups excluding tert-OH is 1. The van der Waals surface area contributed by atoms with Gasteiger partial charge in [-0.25, -0.2) is 0 Å². The zero-order chi connectivity index (χ0) is 12.0. The minimum atomic E-state index is -0.142. The molecule has 2 atom stereocenters. The van der Waals surface area contributed by atoms with Gasteiger partial charge in [0.15, 0.2) is 0 Å². The van der Waals surface area contributed by atoms with E-state index in [1.165, 1.54) is 0 Å². The van der Waals surface area contributed by atoms with E-state index in [-0.39, 0.29) is 18.1 Å². The van der Waals surface area contributed by atoms with Crippen molar-refractivity contribution in [3.05, 3.63) is 0 Å². The van der Waals surface area contributed by atoms with Gasteiger partial charge in [-0.3, -0.25) is 4.79 Å². The van der Waals surface area contributed by atoms with Gasteiger partial charge in [0.1, 0.15) is 0 Å². The Kier molecular flexibility index (Phi) is 5.77. The Balaban J connectivity index is 2.01. The van der Waals surface area contributed by atoms with E-state index >= 15 is 0 Å². The van der Waals surface area contributed by atoms with Crippen LogP contribution >= 0.6 is 0 Å². The molecule has 0 aliphatic heterocycles. The van der Waals surface area contributed by atoms with Gasteiger partial charge in [-0.15, -0.1) is 0 Å². The summed E-state index contributed by atoms with van der Waals surface area (Å²) in [5.74, 6) is 0.475. The maximum absolute atomic E-state index is 11.3. The minimum absolute atomic E-state index is 0.0921. The van der Waals surface area contributed by atoms with Crippen LogP contribution in [0.15, 0.2) is 0 Å². The van der Waals surface area contributed by atoms with Crippen molar-refractivity contribution in [3.63, 3.8) is 0 Å². The molecular formula is C12H24N2O2. The van der Waals surface area contributed by atoms with Crippen molar-refractivity contribution in [2.45, 2.75) is 51.7 Å². The van der Waals surface area contributed by atoms with E-state index in [9.17, 15) is 9.90 Å². The van der Waals surface area contributed by atoms with Crippen LogP contribution < -0.4 is 10.6 Å². The molecule has 3 N–H and O–H groups in total. The molecule has 1 saturated carbocycles. The van der Waals surface area contributed by atoms with Crippen LogP contribution in [0.3, 0.4) is 0 Å². The van der Waals surface area contributed by atoms with Crippen molar-refractivity contribution in [1.29, 1.82) is 0 Å². The summed E-state index contributed by atoms with van der Waals surface area (Å²) in [5.41, 5.74) is 0. The molecule has 0 radical (unpaired) electrons. The van der Waals surface area contributed by atoms with Gasteiger partial charge >= 0.3 is 0 Å². The van der Waals surface area contributed by atoms with Crippen LogP contribution in [0.1, 0.15) is 39.5 Å². The molecule has 1 aliphatic carbocycles. The molecule has 0 aromatic carbocycles. The molecule has 2 unspecified atom stereocenters. The second kappa shape index (κ2) is 6.86. The van der Waals surface area contributed by atoms with E-state index in [4.69, 9.17) is 0 Å². The molecule has 0 saturated heterocycles. The lowest BCUT2D eigenvalue weighted by Gasteiger charge is -2.15. The predicted octanol–water partition coefficient (Wildman–Crippen LogP) is 0.652. The number of hydrogen-bond donors (Lipinski definition) is 3. The number of carbonyl (C=O) groups excluding carboxylic acids is 1. The minimum Gasteiger partial charge on any atom is -0.393 e. The predicted molar refractivity (Wildman–Crippen MR) is 64.1 cm³/mol. The first-order chi connectivity index (χ1) is 7.59. The zero-order valence-corrected chi connectivity index (χ0v) is 10.3. The number of amides is 1. The van der Waals surface area contributed by atoms with Gasteiger partial charge in [-0.1, -0.05) is 6.42 Å². The van der Waals surface area contributed by atoms with Gasteiger partial charge in [0, 0.05) is 25.6 Å². The Morgan fingerprint density at radius 1 is 1.44 bits per heavy atom. The van der Waals surface area contributed by atoms with Crippen molar-refractivity contribution >= 4 is 5.91 Å². The monoisotopic (exact) mass is 228 g/mol. The van der Waals surface area contributed by atoms with E-state index in [1.54, 1.807) is 0 Å². The highest BCUT2D eigenvalue weighted by molar-refractivity contribution is 5.76. The van der Waals surface area contributed by atoms with Crippen molar-refractivity contribution in [3.8, 4) is 0 Å². The van der Waals surface area contributed by atoms with Gasteiger partial charge in [-0.2, -0.15) is 0 Å². The van der Waals surface area contributed by atoms with Crippen LogP contribution in [0, 0.1) is 5.92 Å². The van der Waals surface area contributed by atoms with Crippen molar-refractivity contribution in [2.75, 3.05) is 13.1 Å². The lowest BCUT2D eigenvalue weighted by molar-refractivity contribution is -0.121. The average molecular weight is 228 g/mol. The molecular weight excluding hydrogens is 204 g/mol. The molecule has 4 nitrogen and oxygen atoms in total. The molecule has 0 bridgehead atoms. The van der Waals surface area contributed by atoms with Gasteiger partial charge < -0.3 is 15.7 Å². The summed E-state index contributed by atoms with van der Waals surface area (Å²) in [7, 11) is 0. The van der Waals surface area contributed by atoms with E-state index < -0.39 is 0 Å². The number of aliphatic hydroxyl groups is 1. The van der Waals surface area contributed by atoms with Gasteiger partial charge in [0.2, 0.25) is 5.91 Å². The molecule has 0 aromatic heterocycles. The fourth-order valence-electron chi connectivity index (χ4n) is 2.14. The summed E-state index contributed by atoms with van der Waals surface area (Å²) in [4.78, 5) is 11.3. The maximum Gasteiger partial charge on any atom is 0.221 e. The van der Waals surface area contributed by atoms with Crippen LogP contribution in [0.4, 0.5) is 0 Å². The van der Waals surface area contributed by atoms with Crippen molar-refractivity contribution < 1.29 is 9.90 Å². The fraction of sp³-hybridized carbons (Fsp3) is 0.917. The van der Waals surface area contributed by atoms with E-state index in [2.05, 4.69) is 10.6 Å². The number of nitrogens with one attached hydrogen (secondary N) is 2. The topological polar surface area (TPSA) is 61.4 Å². The van der Waals surface area contributed by atoms with Crippen LogP contribution in [-0.4, -0.2) is 36.2 Å². The molecule has 16 heavy (non-hydrogen) atoms. The average Bonchev–Trinajstić information content (AvgIpc) is 2.58. The second-order valence-electron chi connectivity index (χ2n) is 4.93.